The summed E-state index contributed by atoms with van der Waals surface area (Å²) in [7, 11) is 0. The van der Waals surface area contributed by atoms with Crippen LogP contribution in [0.4, 0.5) is 13.2 Å². The van der Waals surface area contributed by atoms with Crippen molar-refractivity contribution in [1.82, 2.24) is 4.90 Å². The summed E-state index contributed by atoms with van der Waals surface area (Å²) in [6, 6.07) is 1.34. The molecule has 1 amide bonds. The Labute approximate surface area is 111 Å². The third-order valence-corrected chi connectivity index (χ3v) is 2.71. The van der Waals surface area contributed by atoms with Crippen molar-refractivity contribution in [3.05, 3.63) is 22.6 Å². The van der Waals surface area contributed by atoms with Gasteiger partial charge in [0, 0.05) is 6.54 Å². The second-order valence-electron chi connectivity index (χ2n) is 4.30. The van der Waals surface area contributed by atoms with E-state index >= 15 is 0 Å². The number of furan rings is 1. The topological polar surface area (TPSA) is 33.5 Å². The molecule has 3 nitrogen and oxygen atoms in total. The van der Waals surface area contributed by atoms with Gasteiger partial charge < -0.3 is 9.32 Å². The first-order valence-electron chi connectivity index (χ1n) is 5.29. The van der Waals surface area contributed by atoms with Crippen molar-refractivity contribution in [2.75, 3.05) is 13.1 Å². The van der Waals surface area contributed by atoms with Crippen LogP contribution in [-0.2, 0) is 0 Å². The molecular formula is C11H13BrF3NO2. The second kappa shape index (κ2) is 5.77. The molecule has 1 heterocycles. The first-order valence-corrected chi connectivity index (χ1v) is 6.09. The van der Waals surface area contributed by atoms with Crippen LogP contribution in [0.15, 0.2) is 21.4 Å². The Balaban J connectivity index is 2.89. The van der Waals surface area contributed by atoms with Gasteiger partial charge in [0.05, 0.1) is 11.8 Å². The summed E-state index contributed by atoms with van der Waals surface area (Å²) in [4.78, 5) is 12.8. The van der Waals surface area contributed by atoms with E-state index in [0.717, 1.165) is 4.90 Å². The van der Waals surface area contributed by atoms with Gasteiger partial charge in [-0.15, -0.1) is 0 Å². The quantitative estimate of drug-likeness (QED) is 0.844. The highest BCUT2D eigenvalue weighted by atomic mass is 79.9. The summed E-state index contributed by atoms with van der Waals surface area (Å²) >= 11 is 2.99. The first kappa shape index (κ1) is 15.1. The maximum absolute atomic E-state index is 12.4. The fourth-order valence-electron chi connectivity index (χ4n) is 1.49. The second-order valence-corrected chi connectivity index (χ2v) is 5.02. The molecule has 1 aromatic heterocycles. The van der Waals surface area contributed by atoms with E-state index < -0.39 is 18.6 Å². The summed E-state index contributed by atoms with van der Waals surface area (Å²) < 4.78 is 42.3. The maximum atomic E-state index is 12.4. The highest BCUT2D eigenvalue weighted by Crippen LogP contribution is 2.23. The number of hydrogen-bond acceptors (Lipinski definition) is 2. The van der Waals surface area contributed by atoms with Crippen LogP contribution in [0.2, 0.25) is 0 Å². The zero-order chi connectivity index (χ0) is 13.9. The van der Waals surface area contributed by atoms with E-state index in [1.165, 1.54) is 12.3 Å². The number of nitrogens with zero attached hydrogens (tertiary/aromatic N) is 1. The van der Waals surface area contributed by atoms with E-state index in [0.29, 0.717) is 0 Å². The molecule has 7 heteroatoms. The maximum Gasteiger partial charge on any atom is 0.406 e. The molecule has 0 spiro atoms. The third-order valence-electron chi connectivity index (χ3n) is 2.09. The molecule has 1 aromatic rings. The Kier molecular flexibility index (Phi) is 4.84. The molecule has 0 saturated carbocycles. The number of rotatable bonds is 4. The van der Waals surface area contributed by atoms with Gasteiger partial charge in [-0.25, -0.2) is 0 Å². The molecule has 0 aliphatic carbocycles. The van der Waals surface area contributed by atoms with Gasteiger partial charge in [0.15, 0.2) is 4.67 Å². The zero-order valence-corrected chi connectivity index (χ0v) is 11.5. The van der Waals surface area contributed by atoms with Crippen molar-refractivity contribution >= 4 is 21.8 Å². The molecule has 0 unspecified atom stereocenters. The number of carbonyl (C=O) groups excluding carboxylic acids is 1. The molecule has 0 radical (unpaired) electrons. The van der Waals surface area contributed by atoms with Gasteiger partial charge >= 0.3 is 6.18 Å². The molecular weight excluding hydrogens is 315 g/mol. The molecule has 0 N–H and O–H groups in total. The summed E-state index contributed by atoms with van der Waals surface area (Å²) in [6.07, 6.45) is -3.17. The molecule has 18 heavy (non-hydrogen) atoms. The molecule has 1 rings (SSSR count). The summed E-state index contributed by atoms with van der Waals surface area (Å²) in [5.74, 6) is -0.747. The average Bonchev–Trinajstić information content (AvgIpc) is 2.59. The molecule has 0 saturated heterocycles. The zero-order valence-electron chi connectivity index (χ0n) is 9.92. The highest BCUT2D eigenvalue weighted by molar-refractivity contribution is 9.10. The standard InChI is InChI=1S/C11H13BrF3NO2/c1-7(2)5-16(6-11(13,14)15)10(17)8-3-4-18-9(8)12/h3-4,7H,5-6H2,1-2H3. The minimum atomic E-state index is -4.42. The van der Waals surface area contributed by atoms with Gasteiger partial charge in [0.1, 0.15) is 6.54 Å². The number of halogens is 4. The minimum absolute atomic E-state index is 0.0377. The van der Waals surface area contributed by atoms with Crippen molar-refractivity contribution in [2.45, 2.75) is 20.0 Å². The van der Waals surface area contributed by atoms with Crippen molar-refractivity contribution in [2.24, 2.45) is 5.92 Å². The monoisotopic (exact) mass is 327 g/mol. The van der Waals surface area contributed by atoms with Crippen LogP contribution >= 0.6 is 15.9 Å². The van der Waals surface area contributed by atoms with Crippen LogP contribution in [0.3, 0.4) is 0 Å². The van der Waals surface area contributed by atoms with Crippen LogP contribution in [0.5, 0.6) is 0 Å². The smallest absolute Gasteiger partial charge is 0.406 e. The van der Waals surface area contributed by atoms with Gasteiger partial charge in [0.25, 0.3) is 5.91 Å². The van der Waals surface area contributed by atoms with Crippen LogP contribution < -0.4 is 0 Å². The number of carbonyl (C=O) groups is 1. The van der Waals surface area contributed by atoms with E-state index in [4.69, 9.17) is 4.42 Å². The lowest BCUT2D eigenvalue weighted by Crippen LogP contribution is -2.41. The SMILES string of the molecule is CC(C)CN(CC(F)(F)F)C(=O)c1ccoc1Br. The van der Waals surface area contributed by atoms with E-state index in [1.807, 2.05) is 0 Å². The predicted molar refractivity (Wildman–Crippen MR) is 63.2 cm³/mol. The van der Waals surface area contributed by atoms with Crippen LogP contribution in [-0.4, -0.2) is 30.1 Å². The Morgan fingerprint density at radius 1 is 1.50 bits per heavy atom. The van der Waals surface area contributed by atoms with Crippen LogP contribution in [0.25, 0.3) is 0 Å². The molecule has 0 bridgehead atoms. The molecule has 0 aliphatic rings. The molecule has 102 valence electrons. The van der Waals surface area contributed by atoms with E-state index in [-0.39, 0.29) is 22.7 Å². The Bertz CT molecular complexity index is 415. The van der Waals surface area contributed by atoms with Gasteiger partial charge in [-0.1, -0.05) is 13.8 Å². The molecule has 0 fully saturated rings. The first-order chi connectivity index (χ1) is 8.20. The molecule has 0 aromatic carbocycles. The van der Waals surface area contributed by atoms with Crippen molar-refractivity contribution in [3.63, 3.8) is 0 Å². The van der Waals surface area contributed by atoms with E-state index in [9.17, 15) is 18.0 Å². The van der Waals surface area contributed by atoms with E-state index in [1.54, 1.807) is 13.8 Å². The van der Waals surface area contributed by atoms with Crippen molar-refractivity contribution in [3.8, 4) is 0 Å². The van der Waals surface area contributed by atoms with Gasteiger partial charge in [-0.2, -0.15) is 13.2 Å². The summed E-state index contributed by atoms with van der Waals surface area (Å²) in [5.41, 5.74) is 0.0971. The van der Waals surface area contributed by atoms with Crippen molar-refractivity contribution < 1.29 is 22.4 Å². The molecule has 0 atom stereocenters. The van der Waals surface area contributed by atoms with Gasteiger partial charge in [-0.3, -0.25) is 4.79 Å². The largest absolute Gasteiger partial charge is 0.457 e. The third kappa shape index (κ3) is 4.36. The fourth-order valence-corrected chi connectivity index (χ4v) is 1.90. The summed E-state index contributed by atoms with van der Waals surface area (Å²) in [6.45, 7) is 2.28. The Morgan fingerprint density at radius 2 is 2.11 bits per heavy atom. The summed E-state index contributed by atoms with van der Waals surface area (Å²) in [5, 5.41) is 0. The van der Waals surface area contributed by atoms with Crippen LogP contribution in [0.1, 0.15) is 24.2 Å². The lowest BCUT2D eigenvalue weighted by Gasteiger charge is -2.25. The lowest BCUT2D eigenvalue weighted by molar-refractivity contribution is -0.141. The minimum Gasteiger partial charge on any atom is -0.457 e. The lowest BCUT2D eigenvalue weighted by atomic mass is 10.2. The average molecular weight is 328 g/mol. The Morgan fingerprint density at radius 3 is 2.50 bits per heavy atom. The molecule has 0 aliphatic heterocycles. The normalized spacial score (nSPS) is 11.9. The van der Waals surface area contributed by atoms with Gasteiger partial charge in [0.2, 0.25) is 0 Å². The number of alkyl halides is 3. The Hall–Kier alpha value is -0.980. The fraction of sp³-hybridized carbons (Fsp3) is 0.545. The predicted octanol–water partition coefficient (Wildman–Crippen LogP) is 3.70. The highest BCUT2D eigenvalue weighted by Gasteiger charge is 2.34. The van der Waals surface area contributed by atoms with Crippen molar-refractivity contribution in [1.29, 1.82) is 0 Å². The van der Waals surface area contributed by atoms with Gasteiger partial charge in [-0.05, 0) is 27.9 Å². The number of amides is 1. The van der Waals surface area contributed by atoms with E-state index in [2.05, 4.69) is 15.9 Å². The number of hydrogen-bond donors (Lipinski definition) is 0. The van der Waals surface area contributed by atoms with Crippen LogP contribution in [0, 0.1) is 5.92 Å².